The van der Waals surface area contributed by atoms with Crippen molar-refractivity contribution in [3.63, 3.8) is 0 Å². The number of halogens is 3. The first-order chi connectivity index (χ1) is 15.4. The van der Waals surface area contributed by atoms with Crippen LogP contribution < -0.4 is 9.62 Å². The Bertz CT molecular complexity index is 1120. The van der Waals surface area contributed by atoms with Crippen LogP contribution in [0.1, 0.15) is 24.5 Å². The molecule has 0 radical (unpaired) electrons. The third-order valence-corrected chi connectivity index (χ3v) is 7.87. The molecule has 2 rings (SSSR count). The Balaban J connectivity index is 2.51. The van der Waals surface area contributed by atoms with E-state index < -0.39 is 28.5 Å². The molecule has 2 aromatic carbocycles. The number of amides is 2. The highest BCUT2D eigenvalue weighted by Gasteiger charge is 2.32. The van der Waals surface area contributed by atoms with Crippen LogP contribution >= 0.6 is 39.1 Å². The van der Waals surface area contributed by atoms with Crippen molar-refractivity contribution in [3.05, 3.63) is 62.0 Å². The van der Waals surface area contributed by atoms with Gasteiger partial charge in [0.25, 0.3) is 0 Å². The molecule has 33 heavy (non-hydrogen) atoms. The number of aryl methyl sites for hydroxylation is 1. The van der Waals surface area contributed by atoms with Crippen LogP contribution in [-0.4, -0.2) is 51.0 Å². The summed E-state index contributed by atoms with van der Waals surface area (Å²) in [4.78, 5) is 27.4. The summed E-state index contributed by atoms with van der Waals surface area (Å²) in [5.74, 6) is -0.938. The maximum Gasteiger partial charge on any atom is 0.244 e. The summed E-state index contributed by atoms with van der Waals surface area (Å²) in [6.07, 6.45) is 1.34. The highest BCUT2D eigenvalue weighted by Crippen LogP contribution is 2.28. The van der Waals surface area contributed by atoms with Crippen LogP contribution in [-0.2, 0) is 26.2 Å². The third kappa shape index (κ3) is 6.85. The Morgan fingerprint density at radius 1 is 1.15 bits per heavy atom. The van der Waals surface area contributed by atoms with E-state index in [2.05, 4.69) is 21.2 Å². The van der Waals surface area contributed by atoms with Crippen molar-refractivity contribution >= 4 is 66.7 Å². The minimum Gasteiger partial charge on any atom is -0.357 e. The third-order valence-electron chi connectivity index (χ3n) is 5.13. The Kier molecular flexibility index (Phi) is 9.60. The fourth-order valence-corrected chi connectivity index (χ4v) is 4.94. The monoisotopic (exact) mass is 577 g/mol. The number of anilines is 1. The molecule has 0 spiro atoms. The first-order valence-electron chi connectivity index (χ1n) is 10.1. The smallest absolute Gasteiger partial charge is 0.244 e. The SMILES string of the molecule is CCC(C(=O)NC)N(Cc1c(Cl)cccc1Cl)C(=O)CN(c1ccc(Br)c(C)c1)S(C)(=O)=O. The number of nitrogens with one attached hydrogen (secondary N) is 1. The second kappa shape index (κ2) is 11.6. The molecular weight excluding hydrogens is 553 g/mol. The maximum atomic E-state index is 13.5. The fourth-order valence-electron chi connectivity index (χ4n) is 3.34. The van der Waals surface area contributed by atoms with Gasteiger partial charge in [0.2, 0.25) is 21.8 Å². The lowest BCUT2D eigenvalue weighted by Gasteiger charge is -2.33. The van der Waals surface area contributed by atoms with E-state index >= 15 is 0 Å². The van der Waals surface area contributed by atoms with Crippen molar-refractivity contribution in [1.82, 2.24) is 10.2 Å². The molecule has 7 nitrogen and oxygen atoms in total. The van der Waals surface area contributed by atoms with Crippen LogP contribution in [0.4, 0.5) is 5.69 Å². The summed E-state index contributed by atoms with van der Waals surface area (Å²) in [6, 6.07) is 9.11. The van der Waals surface area contributed by atoms with Gasteiger partial charge in [0.05, 0.1) is 11.9 Å². The van der Waals surface area contributed by atoms with Crippen LogP contribution in [0.15, 0.2) is 40.9 Å². The number of rotatable bonds is 9. The first kappa shape index (κ1) is 27.4. The normalized spacial score (nSPS) is 12.2. The van der Waals surface area contributed by atoms with Gasteiger partial charge in [-0.15, -0.1) is 0 Å². The average Bonchev–Trinajstić information content (AvgIpc) is 2.74. The topological polar surface area (TPSA) is 86.8 Å². The van der Waals surface area contributed by atoms with Gasteiger partial charge in [-0.2, -0.15) is 0 Å². The fraction of sp³-hybridized carbons (Fsp3) is 0.364. The molecule has 0 saturated heterocycles. The van der Waals surface area contributed by atoms with Gasteiger partial charge in [0.15, 0.2) is 0 Å². The molecule has 0 aliphatic heterocycles. The van der Waals surface area contributed by atoms with Gasteiger partial charge in [-0.05, 0) is 49.2 Å². The summed E-state index contributed by atoms with van der Waals surface area (Å²) in [6.45, 7) is 3.04. The summed E-state index contributed by atoms with van der Waals surface area (Å²) >= 11 is 16.0. The summed E-state index contributed by atoms with van der Waals surface area (Å²) in [5.41, 5.74) is 1.63. The Morgan fingerprint density at radius 3 is 2.24 bits per heavy atom. The maximum absolute atomic E-state index is 13.5. The van der Waals surface area contributed by atoms with E-state index in [1.807, 2.05) is 6.92 Å². The molecule has 0 aromatic heterocycles. The largest absolute Gasteiger partial charge is 0.357 e. The van der Waals surface area contributed by atoms with Crippen molar-refractivity contribution < 1.29 is 18.0 Å². The average molecular weight is 579 g/mol. The predicted octanol–water partition coefficient (Wildman–Crippen LogP) is 4.38. The van der Waals surface area contributed by atoms with Crippen LogP contribution in [0.25, 0.3) is 0 Å². The van der Waals surface area contributed by atoms with E-state index in [9.17, 15) is 18.0 Å². The number of hydrogen-bond acceptors (Lipinski definition) is 4. The number of carbonyl (C=O) groups is 2. The molecule has 0 saturated carbocycles. The van der Waals surface area contributed by atoms with E-state index in [4.69, 9.17) is 23.2 Å². The second-order valence-electron chi connectivity index (χ2n) is 7.46. The van der Waals surface area contributed by atoms with E-state index in [-0.39, 0.29) is 12.5 Å². The lowest BCUT2D eigenvalue weighted by molar-refractivity contribution is -0.140. The second-order valence-corrected chi connectivity index (χ2v) is 11.0. The lowest BCUT2D eigenvalue weighted by atomic mass is 10.1. The molecule has 1 unspecified atom stereocenters. The number of hydrogen-bond donors (Lipinski definition) is 1. The van der Waals surface area contributed by atoms with Crippen molar-refractivity contribution in [2.45, 2.75) is 32.9 Å². The highest BCUT2D eigenvalue weighted by atomic mass is 79.9. The van der Waals surface area contributed by atoms with Crippen LogP contribution in [0.3, 0.4) is 0 Å². The minimum absolute atomic E-state index is 0.0553. The molecule has 0 bridgehead atoms. The van der Waals surface area contributed by atoms with Crippen molar-refractivity contribution in [2.24, 2.45) is 0 Å². The molecule has 0 heterocycles. The molecule has 11 heteroatoms. The molecule has 1 N–H and O–H groups in total. The molecule has 0 aliphatic carbocycles. The minimum atomic E-state index is -3.81. The van der Waals surface area contributed by atoms with Crippen LogP contribution in [0.5, 0.6) is 0 Å². The standard InChI is InChI=1S/C22H26BrCl2N3O4S/c1-5-20(22(30)26-3)27(12-16-18(24)7-6-8-19(16)25)21(29)13-28(33(4,31)32)15-9-10-17(23)14(2)11-15/h6-11,20H,5,12-13H2,1-4H3,(H,26,30). The summed E-state index contributed by atoms with van der Waals surface area (Å²) in [5, 5.41) is 3.25. The van der Waals surface area contributed by atoms with E-state index in [1.165, 1.54) is 11.9 Å². The van der Waals surface area contributed by atoms with Crippen molar-refractivity contribution in [1.29, 1.82) is 0 Å². The molecule has 1 atom stereocenters. The van der Waals surface area contributed by atoms with Gasteiger partial charge in [-0.25, -0.2) is 8.42 Å². The number of benzene rings is 2. The van der Waals surface area contributed by atoms with Gasteiger partial charge < -0.3 is 10.2 Å². The van der Waals surface area contributed by atoms with Crippen LogP contribution in [0.2, 0.25) is 10.0 Å². The van der Waals surface area contributed by atoms with E-state index in [0.29, 0.717) is 27.7 Å². The van der Waals surface area contributed by atoms with Gasteiger partial charge in [0.1, 0.15) is 12.6 Å². The van der Waals surface area contributed by atoms with Gasteiger partial charge in [0, 0.05) is 33.7 Å². The van der Waals surface area contributed by atoms with Gasteiger partial charge in [-0.3, -0.25) is 13.9 Å². The highest BCUT2D eigenvalue weighted by molar-refractivity contribution is 9.10. The predicted molar refractivity (Wildman–Crippen MR) is 136 cm³/mol. The zero-order valence-electron chi connectivity index (χ0n) is 18.7. The quantitative estimate of drug-likeness (QED) is 0.478. The summed E-state index contributed by atoms with van der Waals surface area (Å²) < 4.78 is 27.0. The van der Waals surface area contributed by atoms with Gasteiger partial charge in [-0.1, -0.05) is 52.1 Å². The number of sulfonamides is 1. The number of nitrogens with zero attached hydrogens (tertiary/aromatic N) is 2. The molecule has 180 valence electrons. The number of likely N-dealkylation sites (N-methyl/N-ethyl adjacent to an activating group) is 1. The molecule has 2 aromatic rings. The Hall–Kier alpha value is -1.81. The zero-order valence-corrected chi connectivity index (χ0v) is 22.6. The zero-order chi connectivity index (χ0) is 24.9. The lowest BCUT2D eigenvalue weighted by Crippen LogP contribution is -2.51. The first-order valence-corrected chi connectivity index (χ1v) is 13.5. The van der Waals surface area contributed by atoms with E-state index in [0.717, 1.165) is 20.6 Å². The molecular formula is C22H26BrCl2N3O4S. The Morgan fingerprint density at radius 2 is 1.76 bits per heavy atom. The molecule has 2 amide bonds. The van der Waals surface area contributed by atoms with Crippen LogP contribution in [0, 0.1) is 6.92 Å². The van der Waals surface area contributed by atoms with Crippen molar-refractivity contribution in [2.75, 3.05) is 24.2 Å². The van der Waals surface area contributed by atoms with Gasteiger partial charge >= 0.3 is 0 Å². The summed E-state index contributed by atoms with van der Waals surface area (Å²) in [7, 11) is -2.33. The molecule has 0 fully saturated rings. The molecule has 0 aliphatic rings. The van der Waals surface area contributed by atoms with E-state index in [1.54, 1.807) is 43.3 Å². The van der Waals surface area contributed by atoms with Crippen molar-refractivity contribution in [3.8, 4) is 0 Å². The number of carbonyl (C=O) groups excluding carboxylic acids is 2. The Labute approximate surface area is 213 Å².